The number of pyridine rings is 1. The smallest absolute Gasteiger partial charge is 0.105 e. The monoisotopic (exact) mass is 348 g/mol. The van der Waals surface area contributed by atoms with Crippen LogP contribution in [-0.4, -0.2) is 30.6 Å². The Morgan fingerprint density at radius 1 is 1.17 bits per heavy atom. The topological polar surface area (TPSA) is 12.9 Å². The molecule has 0 unspecified atom stereocenters. The molecule has 2 rings (SSSR count). The molecule has 0 aliphatic heterocycles. The Hall–Kier alpha value is -0.350. The Balaban J connectivity index is 0.00000162. The van der Waals surface area contributed by atoms with Gasteiger partial charge in [-0.2, -0.15) is 0 Å². The highest BCUT2D eigenvalue weighted by atomic mass is 79.9. The fourth-order valence-electron chi connectivity index (χ4n) is 1.82. The molecule has 0 aliphatic carbocycles. The zero-order valence-corrected chi connectivity index (χ0v) is 13.6. The van der Waals surface area contributed by atoms with Crippen molar-refractivity contribution >= 4 is 34.1 Å². The zero-order chi connectivity index (χ0) is 12.6. The summed E-state index contributed by atoms with van der Waals surface area (Å²) >= 11 is 12.1. The molecule has 0 spiro atoms. The number of halogens is 3. The SMILES string of the molecule is C[N+](C)(C)Cc1cnc2c(Cl)c(Cl)ccc2c1.[Br-]. The van der Waals surface area contributed by atoms with Crippen molar-refractivity contribution in [3.8, 4) is 0 Å². The molecule has 0 radical (unpaired) electrons. The third kappa shape index (κ3) is 3.58. The van der Waals surface area contributed by atoms with Crippen LogP contribution in [0.3, 0.4) is 0 Å². The molecule has 2 aromatic rings. The minimum absolute atomic E-state index is 0. The number of fused-ring (bicyclic) bond motifs is 1. The average molecular weight is 350 g/mol. The Morgan fingerprint density at radius 2 is 1.83 bits per heavy atom. The van der Waals surface area contributed by atoms with Crippen LogP contribution in [0.4, 0.5) is 0 Å². The lowest BCUT2D eigenvalue weighted by molar-refractivity contribution is -0.884. The van der Waals surface area contributed by atoms with Crippen LogP contribution in [0.15, 0.2) is 24.4 Å². The maximum atomic E-state index is 6.11. The Kier molecular flexibility index (Phi) is 5.01. The van der Waals surface area contributed by atoms with E-state index in [-0.39, 0.29) is 17.0 Å². The van der Waals surface area contributed by atoms with E-state index in [4.69, 9.17) is 23.2 Å². The first kappa shape index (κ1) is 15.7. The number of nitrogens with zero attached hydrogens (tertiary/aromatic N) is 2. The van der Waals surface area contributed by atoms with Gasteiger partial charge in [-0.1, -0.05) is 29.3 Å². The number of hydrogen-bond acceptors (Lipinski definition) is 1. The second kappa shape index (κ2) is 5.74. The third-order valence-electron chi connectivity index (χ3n) is 2.46. The summed E-state index contributed by atoms with van der Waals surface area (Å²) in [6.07, 6.45) is 1.87. The second-order valence-electron chi connectivity index (χ2n) is 5.23. The van der Waals surface area contributed by atoms with Crippen LogP contribution in [0.1, 0.15) is 5.56 Å². The second-order valence-corrected chi connectivity index (χ2v) is 6.01. The van der Waals surface area contributed by atoms with Crippen molar-refractivity contribution in [2.45, 2.75) is 6.54 Å². The lowest BCUT2D eigenvalue weighted by Crippen LogP contribution is -3.00. The molecule has 0 saturated heterocycles. The zero-order valence-electron chi connectivity index (χ0n) is 10.5. The van der Waals surface area contributed by atoms with Crippen LogP contribution in [-0.2, 0) is 6.54 Å². The molecule has 0 bridgehead atoms. The van der Waals surface area contributed by atoms with Gasteiger partial charge < -0.3 is 21.5 Å². The van der Waals surface area contributed by atoms with Gasteiger partial charge in [0.2, 0.25) is 0 Å². The van der Waals surface area contributed by atoms with Crippen LogP contribution in [0.2, 0.25) is 10.0 Å². The molecule has 98 valence electrons. The fourth-order valence-corrected chi connectivity index (χ4v) is 2.19. The van der Waals surface area contributed by atoms with Crippen LogP contribution in [0.5, 0.6) is 0 Å². The summed E-state index contributed by atoms with van der Waals surface area (Å²) in [7, 11) is 6.46. The van der Waals surface area contributed by atoms with E-state index in [0.29, 0.717) is 10.0 Å². The molecule has 18 heavy (non-hydrogen) atoms. The Labute approximate surface area is 128 Å². The number of quaternary nitrogens is 1. The van der Waals surface area contributed by atoms with E-state index in [1.165, 1.54) is 5.56 Å². The summed E-state index contributed by atoms with van der Waals surface area (Å²) in [4.78, 5) is 4.40. The van der Waals surface area contributed by atoms with Crippen LogP contribution >= 0.6 is 23.2 Å². The summed E-state index contributed by atoms with van der Waals surface area (Å²) in [6, 6.07) is 5.88. The fraction of sp³-hybridized carbons (Fsp3) is 0.308. The molecule has 1 aromatic carbocycles. The van der Waals surface area contributed by atoms with E-state index in [9.17, 15) is 0 Å². The van der Waals surface area contributed by atoms with Crippen molar-refractivity contribution in [1.82, 2.24) is 4.98 Å². The molecule has 0 N–H and O–H groups in total. The number of aromatic nitrogens is 1. The van der Waals surface area contributed by atoms with Crippen LogP contribution < -0.4 is 17.0 Å². The van der Waals surface area contributed by atoms with Gasteiger partial charge >= 0.3 is 0 Å². The van der Waals surface area contributed by atoms with Gasteiger partial charge in [0.05, 0.1) is 36.7 Å². The van der Waals surface area contributed by atoms with E-state index in [1.54, 1.807) is 0 Å². The minimum Gasteiger partial charge on any atom is -1.00 e. The van der Waals surface area contributed by atoms with Gasteiger partial charge in [-0.25, -0.2) is 0 Å². The highest BCUT2D eigenvalue weighted by Crippen LogP contribution is 2.29. The van der Waals surface area contributed by atoms with E-state index < -0.39 is 0 Å². The van der Waals surface area contributed by atoms with Crippen LogP contribution in [0.25, 0.3) is 10.9 Å². The van der Waals surface area contributed by atoms with Crippen molar-refractivity contribution in [2.75, 3.05) is 21.1 Å². The predicted octanol–water partition coefficient (Wildman–Crippen LogP) is 0.752. The van der Waals surface area contributed by atoms with Crippen molar-refractivity contribution in [1.29, 1.82) is 0 Å². The van der Waals surface area contributed by atoms with E-state index in [1.807, 2.05) is 18.3 Å². The molecule has 0 aliphatic rings. The average Bonchev–Trinajstić information content (AvgIpc) is 2.21. The molecule has 0 amide bonds. The highest BCUT2D eigenvalue weighted by Gasteiger charge is 2.11. The minimum atomic E-state index is 0. The largest absolute Gasteiger partial charge is 1.00 e. The Morgan fingerprint density at radius 3 is 2.44 bits per heavy atom. The molecule has 1 aromatic heterocycles. The number of rotatable bonds is 2. The van der Waals surface area contributed by atoms with Gasteiger partial charge in [0.1, 0.15) is 6.54 Å². The van der Waals surface area contributed by atoms with Gasteiger partial charge in [-0.15, -0.1) is 0 Å². The number of hydrogen-bond donors (Lipinski definition) is 0. The molecule has 5 heteroatoms. The van der Waals surface area contributed by atoms with E-state index in [2.05, 4.69) is 32.2 Å². The maximum absolute atomic E-state index is 6.11. The van der Waals surface area contributed by atoms with Gasteiger partial charge in [-0.05, 0) is 12.1 Å². The van der Waals surface area contributed by atoms with Gasteiger partial charge in [0, 0.05) is 17.1 Å². The molecule has 1 heterocycles. The molecule has 0 fully saturated rings. The summed E-state index contributed by atoms with van der Waals surface area (Å²) in [5.74, 6) is 0. The van der Waals surface area contributed by atoms with Crippen molar-refractivity contribution in [3.05, 3.63) is 40.0 Å². The lowest BCUT2D eigenvalue weighted by Gasteiger charge is -2.23. The highest BCUT2D eigenvalue weighted by molar-refractivity contribution is 6.44. The summed E-state index contributed by atoms with van der Waals surface area (Å²) < 4.78 is 0.870. The third-order valence-corrected chi connectivity index (χ3v) is 3.25. The summed E-state index contributed by atoms with van der Waals surface area (Å²) in [5.41, 5.74) is 1.97. The summed E-state index contributed by atoms with van der Waals surface area (Å²) in [6.45, 7) is 0.934. The van der Waals surface area contributed by atoms with Gasteiger partial charge in [0.25, 0.3) is 0 Å². The number of benzene rings is 1. The first-order chi connectivity index (χ1) is 7.87. The molecule has 0 saturated carbocycles. The first-order valence-corrected chi connectivity index (χ1v) is 6.15. The van der Waals surface area contributed by atoms with Crippen LogP contribution in [0, 0.1) is 0 Å². The van der Waals surface area contributed by atoms with Crippen molar-refractivity contribution in [2.24, 2.45) is 0 Å². The van der Waals surface area contributed by atoms with E-state index in [0.717, 1.165) is 21.9 Å². The Bertz CT molecular complexity index is 565. The molecule has 0 atom stereocenters. The molecular weight excluding hydrogens is 335 g/mol. The normalized spacial score (nSPS) is 11.4. The summed E-state index contributed by atoms with van der Waals surface area (Å²) in [5, 5.41) is 2.11. The van der Waals surface area contributed by atoms with Gasteiger partial charge in [-0.3, -0.25) is 4.98 Å². The first-order valence-electron chi connectivity index (χ1n) is 5.40. The molecule has 2 nitrogen and oxygen atoms in total. The van der Waals surface area contributed by atoms with Crippen molar-refractivity contribution in [3.63, 3.8) is 0 Å². The van der Waals surface area contributed by atoms with Crippen molar-refractivity contribution < 1.29 is 21.5 Å². The standard InChI is InChI=1S/C13H15Cl2N2.BrH/c1-17(2,3)8-9-6-10-4-5-11(14)12(15)13(10)16-7-9;/h4-7H,8H2,1-3H3;1H/q+1;/p-1. The molecular formula is C13H15BrCl2N2. The predicted molar refractivity (Wildman–Crippen MR) is 73.5 cm³/mol. The van der Waals surface area contributed by atoms with Gasteiger partial charge in [0.15, 0.2) is 0 Å². The lowest BCUT2D eigenvalue weighted by atomic mass is 10.1. The van der Waals surface area contributed by atoms with E-state index >= 15 is 0 Å². The maximum Gasteiger partial charge on any atom is 0.105 e. The quantitative estimate of drug-likeness (QED) is 0.729.